The summed E-state index contributed by atoms with van der Waals surface area (Å²) in [6, 6.07) is 12.8. The molecule has 0 saturated carbocycles. The van der Waals surface area contributed by atoms with E-state index in [1.54, 1.807) is 4.90 Å². The Morgan fingerprint density at radius 2 is 1.79 bits per heavy atom. The molecule has 2 aromatic rings. The summed E-state index contributed by atoms with van der Waals surface area (Å²) >= 11 is 5.78. The standard InChI is InChI=1S/C19H19ClN4O4/c20-13-6-7-16(17(12-13)24(27)28)18(25)21-15-8-10-23(11-9-15)19(26)22-14-4-2-1-3-5-14/h1-7,12,15H,8-11H2,(H,21,25)(H,22,26). The summed E-state index contributed by atoms with van der Waals surface area (Å²) in [6.45, 7) is 0.957. The number of nitrogens with one attached hydrogen (secondary N) is 2. The summed E-state index contributed by atoms with van der Waals surface area (Å²) in [6.07, 6.45) is 1.13. The number of piperidine rings is 1. The SMILES string of the molecule is O=C(NC1CCN(C(=O)Nc2ccccc2)CC1)c1ccc(Cl)cc1[N+](=O)[O-]. The van der Waals surface area contributed by atoms with Gasteiger partial charge in [0.2, 0.25) is 0 Å². The van der Waals surface area contributed by atoms with Crippen LogP contribution in [0.5, 0.6) is 0 Å². The molecule has 1 saturated heterocycles. The quantitative estimate of drug-likeness (QED) is 0.601. The maximum atomic E-state index is 12.5. The van der Waals surface area contributed by atoms with Gasteiger partial charge in [-0.25, -0.2) is 4.79 Å². The molecule has 9 heteroatoms. The Morgan fingerprint density at radius 1 is 1.11 bits per heavy atom. The van der Waals surface area contributed by atoms with Gasteiger partial charge in [0, 0.05) is 35.9 Å². The fourth-order valence-corrected chi connectivity index (χ4v) is 3.23. The minimum Gasteiger partial charge on any atom is -0.349 e. The lowest BCUT2D eigenvalue weighted by atomic mass is 10.0. The van der Waals surface area contributed by atoms with Gasteiger partial charge < -0.3 is 15.5 Å². The zero-order chi connectivity index (χ0) is 20.1. The number of carbonyl (C=O) groups is 2. The summed E-state index contributed by atoms with van der Waals surface area (Å²) < 4.78 is 0. The van der Waals surface area contributed by atoms with Crippen molar-refractivity contribution in [2.75, 3.05) is 18.4 Å². The lowest BCUT2D eigenvalue weighted by molar-refractivity contribution is -0.385. The number of hydrogen-bond acceptors (Lipinski definition) is 4. The van der Waals surface area contributed by atoms with Gasteiger partial charge >= 0.3 is 6.03 Å². The van der Waals surface area contributed by atoms with Crippen molar-refractivity contribution in [3.05, 3.63) is 69.2 Å². The van der Waals surface area contributed by atoms with Gasteiger partial charge in [0.05, 0.1) is 4.92 Å². The molecule has 1 aliphatic heterocycles. The number of anilines is 1. The van der Waals surface area contributed by atoms with E-state index >= 15 is 0 Å². The average molecular weight is 403 g/mol. The van der Waals surface area contributed by atoms with E-state index in [9.17, 15) is 19.7 Å². The number of halogens is 1. The van der Waals surface area contributed by atoms with E-state index in [0.717, 1.165) is 11.8 Å². The van der Waals surface area contributed by atoms with Crippen molar-refractivity contribution >= 4 is 34.9 Å². The first-order valence-corrected chi connectivity index (χ1v) is 9.17. The van der Waals surface area contributed by atoms with Gasteiger partial charge in [0.15, 0.2) is 0 Å². The van der Waals surface area contributed by atoms with Crippen LogP contribution in [-0.2, 0) is 0 Å². The van der Waals surface area contributed by atoms with E-state index in [-0.39, 0.29) is 28.3 Å². The molecule has 0 atom stereocenters. The number of nitro groups is 1. The van der Waals surface area contributed by atoms with Gasteiger partial charge in [-0.05, 0) is 37.1 Å². The largest absolute Gasteiger partial charge is 0.349 e. The molecule has 0 unspecified atom stereocenters. The highest BCUT2D eigenvalue weighted by molar-refractivity contribution is 6.31. The van der Waals surface area contributed by atoms with Crippen molar-refractivity contribution in [1.29, 1.82) is 0 Å². The Kier molecular flexibility index (Phi) is 6.10. The number of urea groups is 1. The molecule has 1 heterocycles. The maximum absolute atomic E-state index is 12.5. The molecule has 0 aliphatic carbocycles. The molecule has 1 aliphatic rings. The second kappa shape index (κ2) is 8.71. The minimum absolute atomic E-state index is 0.0290. The third-order valence-electron chi connectivity index (χ3n) is 4.54. The van der Waals surface area contributed by atoms with Crippen molar-refractivity contribution < 1.29 is 14.5 Å². The Hall–Kier alpha value is -3.13. The average Bonchev–Trinajstić information content (AvgIpc) is 2.69. The van der Waals surface area contributed by atoms with Crippen LogP contribution in [0, 0.1) is 10.1 Å². The number of likely N-dealkylation sites (tertiary alicyclic amines) is 1. The molecule has 0 bridgehead atoms. The highest BCUT2D eigenvalue weighted by atomic mass is 35.5. The van der Waals surface area contributed by atoms with Crippen molar-refractivity contribution in [3.8, 4) is 0 Å². The van der Waals surface area contributed by atoms with E-state index < -0.39 is 10.8 Å². The predicted molar refractivity (Wildman–Crippen MR) is 106 cm³/mol. The lowest BCUT2D eigenvalue weighted by Gasteiger charge is -2.32. The Labute approximate surface area is 166 Å². The first-order chi connectivity index (χ1) is 13.4. The summed E-state index contributed by atoms with van der Waals surface area (Å²) in [4.78, 5) is 37.0. The van der Waals surface area contributed by atoms with Gasteiger partial charge in [-0.15, -0.1) is 0 Å². The van der Waals surface area contributed by atoms with Crippen LogP contribution in [0.15, 0.2) is 48.5 Å². The van der Waals surface area contributed by atoms with Crippen molar-refractivity contribution in [2.24, 2.45) is 0 Å². The molecule has 8 nitrogen and oxygen atoms in total. The molecule has 3 rings (SSSR count). The number of nitro benzene ring substituents is 1. The molecule has 28 heavy (non-hydrogen) atoms. The molecule has 2 N–H and O–H groups in total. The highest BCUT2D eigenvalue weighted by Crippen LogP contribution is 2.23. The Morgan fingerprint density at radius 3 is 2.43 bits per heavy atom. The summed E-state index contributed by atoms with van der Waals surface area (Å²) in [5.41, 5.74) is 0.362. The van der Waals surface area contributed by atoms with Crippen molar-refractivity contribution in [2.45, 2.75) is 18.9 Å². The zero-order valence-electron chi connectivity index (χ0n) is 14.9. The fourth-order valence-electron chi connectivity index (χ4n) is 3.06. The van der Waals surface area contributed by atoms with Crippen molar-refractivity contribution in [1.82, 2.24) is 10.2 Å². The molecule has 146 valence electrons. The van der Waals surface area contributed by atoms with Crippen LogP contribution < -0.4 is 10.6 Å². The normalized spacial score (nSPS) is 14.4. The number of para-hydroxylation sites is 1. The molecule has 0 aromatic heterocycles. The maximum Gasteiger partial charge on any atom is 0.321 e. The predicted octanol–water partition coefficient (Wildman–Crippen LogP) is 3.67. The van der Waals surface area contributed by atoms with Crippen LogP contribution in [-0.4, -0.2) is 40.9 Å². The van der Waals surface area contributed by atoms with Gasteiger partial charge in [-0.2, -0.15) is 0 Å². The number of nitrogens with zero attached hydrogens (tertiary/aromatic N) is 2. The van der Waals surface area contributed by atoms with E-state index in [4.69, 9.17) is 11.6 Å². The van der Waals surface area contributed by atoms with Gasteiger partial charge in [-0.3, -0.25) is 14.9 Å². The second-order valence-corrected chi connectivity index (χ2v) is 6.89. The van der Waals surface area contributed by atoms with Crippen LogP contribution >= 0.6 is 11.6 Å². The molecule has 0 radical (unpaired) electrons. The van der Waals surface area contributed by atoms with Gasteiger partial charge in [0.1, 0.15) is 5.56 Å². The summed E-state index contributed by atoms with van der Waals surface area (Å²) in [5, 5.41) is 17.0. The van der Waals surface area contributed by atoms with Crippen LogP contribution in [0.3, 0.4) is 0 Å². The topological polar surface area (TPSA) is 105 Å². The highest BCUT2D eigenvalue weighted by Gasteiger charge is 2.27. The van der Waals surface area contributed by atoms with E-state index in [0.29, 0.717) is 25.9 Å². The second-order valence-electron chi connectivity index (χ2n) is 6.45. The molecular formula is C19H19ClN4O4. The number of carbonyl (C=O) groups excluding carboxylic acids is 2. The van der Waals surface area contributed by atoms with E-state index in [1.165, 1.54) is 12.1 Å². The Balaban J connectivity index is 1.55. The number of amides is 3. The van der Waals surface area contributed by atoms with Gasteiger partial charge in [-0.1, -0.05) is 29.8 Å². The number of rotatable bonds is 4. The molecular weight excluding hydrogens is 384 g/mol. The molecule has 0 spiro atoms. The third kappa shape index (κ3) is 4.77. The number of benzene rings is 2. The van der Waals surface area contributed by atoms with Crippen LogP contribution in [0.25, 0.3) is 0 Å². The van der Waals surface area contributed by atoms with Crippen LogP contribution in [0.2, 0.25) is 5.02 Å². The first-order valence-electron chi connectivity index (χ1n) is 8.80. The van der Waals surface area contributed by atoms with E-state index in [2.05, 4.69) is 10.6 Å². The minimum atomic E-state index is -0.628. The fraction of sp³-hybridized carbons (Fsp3) is 0.263. The van der Waals surface area contributed by atoms with Crippen molar-refractivity contribution in [3.63, 3.8) is 0 Å². The first kappa shape index (κ1) is 19.6. The number of hydrogen-bond donors (Lipinski definition) is 2. The lowest BCUT2D eigenvalue weighted by Crippen LogP contribution is -2.47. The molecule has 3 amide bonds. The summed E-state index contributed by atoms with van der Waals surface area (Å²) in [7, 11) is 0. The van der Waals surface area contributed by atoms with Crippen LogP contribution in [0.1, 0.15) is 23.2 Å². The monoisotopic (exact) mass is 402 g/mol. The zero-order valence-corrected chi connectivity index (χ0v) is 15.7. The molecule has 1 fully saturated rings. The summed E-state index contributed by atoms with van der Waals surface area (Å²) in [5.74, 6) is -0.518. The van der Waals surface area contributed by atoms with Crippen LogP contribution in [0.4, 0.5) is 16.2 Å². The Bertz CT molecular complexity index is 883. The van der Waals surface area contributed by atoms with Gasteiger partial charge in [0.25, 0.3) is 11.6 Å². The smallest absolute Gasteiger partial charge is 0.321 e. The third-order valence-corrected chi connectivity index (χ3v) is 4.78. The molecule has 2 aromatic carbocycles. The van der Waals surface area contributed by atoms with E-state index in [1.807, 2.05) is 30.3 Å².